The minimum atomic E-state index is -3.78. The van der Waals surface area contributed by atoms with Gasteiger partial charge in [-0.25, -0.2) is 0 Å². The molecule has 0 saturated carbocycles. The maximum atomic E-state index is 15.3. The molecule has 38 heavy (non-hydrogen) atoms. The Morgan fingerprint density at radius 2 is 1.13 bits per heavy atom. The van der Waals surface area contributed by atoms with Crippen LogP contribution in [0.5, 0.6) is 0 Å². The van der Waals surface area contributed by atoms with E-state index in [2.05, 4.69) is 4.98 Å². The molecule has 0 fully saturated rings. The average molecular weight is 505 g/mol. The summed E-state index contributed by atoms with van der Waals surface area (Å²) in [6.45, 7) is 0. The van der Waals surface area contributed by atoms with Crippen LogP contribution in [0, 0.1) is 45.3 Å². The van der Waals surface area contributed by atoms with Crippen molar-refractivity contribution in [3.05, 3.63) is 119 Å². The molecule has 7 heteroatoms. The van der Waals surface area contributed by atoms with Crippen molar-refractivity contribution in [1.29, 1.82) is 21.0 Å². The molecule has 0 atom stereocenters. The van der Waals surface area contributed by atoms with Gasteiger partial charge in [0.25, 0.3) is 0 Å². The molecule has 0 amide bonds. The predicted octanol–water partition coefficient (Wildman–Crippen LogP) is 5.03. The SMILES string of the molecule is N#Cc1cc(C#N)cc(P(=O)(c2cc(C#N)cc(C#N)c2)c2cccc(-c3nccc4ccccc34)c2)c1. The van der Waals surface area contributed by atoms with Gasteiger partial charge in [0.15, 0.2) is 7.14 Å². The van der Waals surface area contributed by atoms with Crippen molar-refractivity contribution in [2.75, 3.05) is 0 Å². The zero-order chi connectivity index (χ0) is 26.7. The van der Waals surface area contributed by atoms with Gasteiger partial charge in [0.1, 0.15) is 0 Å². The Labute approximate surface area is 219 Å². The molecule has 0 aliphatic rings. The molecule has 0 saturated heterocycles. The smallest absolute Gasteiger partial charge is 0.171 e. The highest BCUT2D eigenvalue weighted by molar-refractivity contribution is 7.85. The van der Waals surface area contributed by atoms with Crippen molar-refractivity contribution in [3.8, 4) is 35.5 Å². The second kappa shape index (κ2) is 9.85. The fourth-order valence-corrected chi connectivity index (χ4v) is 7.28. The Hall–Kier alpha value is -5.52. The fraction of sp³-hybridized carbons (Fsp3) is 0. The van der Waals surface area contributed by atoms with Gasteiger partial charge in [-0.2, -0.15) is 21.0 Å². The summed E-state index contributed by atoms with van der Waals surface area (Å²) in [4.78, 5) is 4.59. The number of fused-ring (bicyclic) bond motifs is 1. The molecular weight excluding hydrogens is 489 g/mol. The Bertz CT molecular complexity index is 1820. The van der Waals surface area contributed by atoms with E-state index >= 15 is 4.57 Å². The molecule has 0 aliphatic carbocycles. The lowest BCUT2D eigenvalue weighted by Gasteiger charge is -2.22. The first kappa shape index (κ1) is 24.2. The maximum Gasteiger partial charge on any atom is 0.171 e. The summed E-state index contributed by atoms with van der Waals surface area (Å²) in [5, 5.41) is 41.3. The highest BCUT2D eigenvalue weighted by Crippen LogP contribution is 2.44. The first-order valence-corrected chi connectivity index (χ1v) is 13.2. The van der Waals surface area contributed by atoms with E-state index in [1.807, 2.05) is 60.7 Å². The van der Waals surface area contributed by atoms with E-state index < -0.39 is 7.14 Å². The molecule has 1 heterocycles. The normalized spacial score (nSPS) is 10.6. The molecular formula is C31H16N5OP. The summed E-state index contributed by atoms with van der Waals surface area (Å²) in [5.74, 6) is 0. The van der Waals surface area contributed by atoms with Gasteiger partial charge >= 0.3 is 0 Å². The van der Waals surface area contributed by atoms with E-state index in [9.17, 15) is 21.0 Å². The van der Waals surface area contributed by atoms with Crippen LogP contribution in [0.3, 0.4) is 0 Å². The number of hydrogen-bond acceptors (Lipinski definition) is 6. The van der Waals surface area contributed by atoms with Crippen molar-refractivity contribution < 1.29 is 4.57 Å². The Balaban J connectivity index is 1.84. The number of hydrogen-bond donors (Lipinski definition) is 0. The van der Waals surface area contributed by atoms with E-state index in [4.69, 9.17) is 0 Å². The molecule has 5 aromatic rings. The van der Waals surface area contributed by atoms with Gasteiger partial charge < -0.3 is 4.57 Å². The Kier molecular flexibility index (Phi) is 6.27. The summed E-state index contributed by atoms with van der Waals surface area (Å²) in [6.07, 6.45) is 1.72. The lowest BCUT2D eigenvalue weighted by Crippen LogP contribution is -2.26. The highest BCUT2D eigenvalue weighted by atomic mass is 31.2. The zero-order valence-electron chi connectivity index (χ0n) is 19.8. The van der Waals surface area contributed by atoms with Crippen LogP contribution in [0.1, 0.15) is 22.3 Å². The van der Waals surface area contributed by atoms with Gasteiger partial charge in [-0.3, -0.25) is 4.98 Å². The molecule has 0 N–H and O–H groups in total. The topological polar surface area (TPSA) is 125 Å². The number of nitrogens with zero attached hydrogens (tertiary/aromatic N) is 5. The molecule has 6 nitrogen and oxygen atoms in total. The van der Waals surface area contributed by atoms with Crippen LogP contribution in [-0.4, -0.2) is 4.98 Å². The van der Waals surface area contributed by atoms with Gasteiger partial charge in [0.05, 0.1) is 52.2 Å². The second-order valence-corrected chi connectivity index (χ2v) is 11.3. The molecule has 1 aromatic heterocycles. The molecule has 0 aliphatic heterocycles. The van der Waals surface area contributed by atoms with Crippen LogP contribution in [0.15, 0.2) is 97.2 Å². The molecule has 176 valence electrons. The summed E-state index contributed by atoms with van der Waals surface area (Å²) in [7, 11) is -3.78. The van der Waals surface area contributed by atoms with Crippen molar-refractivity contribution in [2.24, 2.45) is 0 Å². The van der Waals surface area contributed by atoms with E-state index in [1.54, 1.807) is 24.4 Å². The van der Waals surface area contributed by atoms with E-state index in [1.165, 1.54) is 36.4 Å². The van der Waals surface area contributed by atoms with Crippen LogP contribution in [0.2, 0.25) is 0 Å². The van der Waals surface area contributed by atoms with Gasteiger partial charge in [0, 0.05) is 33.1 Å². The van der Waals surface area contributed by atoms with Crippen LogP contribution >= 0.6 is 7.14 Å². The van der Waals surface area contributed by atoms with E-state index in [0.717, 1.165) is 16.3 Å². The van der Waals surface area contributed by atoms with Gasteiger partial charge in [-0.1, -0.05) is 42.5 Å². The summed E-state index contributed by atoms with van der Waals surface area (Å²) >= 11 is 0. The standard InChI is InChI=1S/C31H16N5OP/c32-17-21-10-22(18-33)13-28(12-21)38(37,29-14-23(19-34)11-24(15-29)20-35)27-6-3-5-26(16-27)31-30-7-2-1-4-25(30)8-9-36-31/h1-16H. The van der Waals surface area contributed by atoms with Crippen molar-refractivity contribution >= 4 is 33.8 Å². The first-order valence-electron chi connectivity index (χ1n) is 11.5. The highest BCUT2D eigenvalue weighted by Gasteiger charge is 2.32. The maximum absolute atomic E-state index is 15.3. The Morgan fingerprint density at radius 3 is 1.68 bits per heavy atom. The summed E-state index contributed by atoms with van der Waals surface area (Å²) in [6, 6.07) is 33.9. The molecule has 0 spiro atoms. The third kappa shape index (κ3) is 4.19. The predicted molar refractivity (Wildman–Crippen MR) is 145 cm³/mol. The van der Waals surface area contributed by atoms with Crippen LogP contribution in [0.4, 0.5) is 0 Å². The third-order valence-corrected chi connectivity index (χ3v) is 9.21. The van der Waals surface area contributed by atoms with Crippen molar-refractivity contribution in [2.45, 2.75) is 0 Å². The Morgan fingerprint density at radius 1 is 0.579 bits per heavy atom. The molecule has 0 radical (unpaired) electrons. The summed E-state index contributed by atoms with van der Waals surface area (Å²) < 4.78 is 15.3. The molecule has 4 aromatic carbocycles. The second-order valence-electron chi connectivity index (χ2n) is 8.52. The number of benzene rings is 4. The van der Waals surface area contributed by atoms with E-state index in [-0.39, 0.29) is 32.9 Å². The van der Waals surface area contributed by atoms with Crippen molar-refractivity contribution in [1.82, 2.24) is 4.98 Å². The van der Waals surface area contributed by atoms with Gasteiger partial charge in [-0.05, 0) is 53.9 Å². The lowest BCUT2D eigenvalue weighted by atomic mass is 10.0. The molecule has 5 rings (SSSR count). The van der Waals surface area contributed by atoms with Crippen LogP contribution in [0.25, 0.3) is 22.0 Å². The number of pyridine rings is 1. The fourth-order valence-electron chi connectivity index (χ4n) is 4.49. The largest absolute Gasteiger partial charge is 0.309 e. The monoisotopic (exact) mass is 505 g/mol. The minimum absolute atomic E-state index is 0.183. The molecule has 0 bridgehead atoms. The number of rotatable bonds is 4. The van der Waals surface area contributed by atoms with Crippen molar-refractivity contribution in [3.63, 3.8) is 0 Å². The zero-order valence-corrected chi connectivity index (χ0v) is 20.7. The lowest BCUT2D eigenvalue weighted by molar-refractivity contribution is 0.592. The summed E-state index contributed by atoms with van der Waals surface area (Å²) in [5.41, 5.74) is 2.18. The first-order chi connectivity index (χ1) is 18.5. The minimum Gasteiger partial charge on any atom is -0.309 e. The average Bonchev–Trinajstić information content (AvgIpc) is 2.99. The van der Waals surface area contributed by atoms with Gasteiger partial charge in [0.2, 0.25) is 0 Å². The van der Waals surface area contributed by atoms with E-state index in [0.29, 0.717) is 11.0 Å². The van der Waals surface area contributed by atoms with Gasteiger partial charge in [-0.15, -0.1) is 0 Å². The van der Waals surface area contributed by atoms with Crippen LogP contribution in [-0.2, 0) is 4.57 Å². The third-order valence-electron chi connectivity index (χ3n) is 6.24. The quantitative estimate of drug-likeness (QED) is 0.316. The van der Waals surface area contributed by atoms with Crippen LogP contribution < -0.4 is 15.9 Å². The number of aromatic nitrogens is 1. The molecule has 0 unspecified atom stereocenters. The number of nitriles is 4.